The molecule has 4 heterocycles. The molecule has 0 saturated heterocycles. The molecule has 0 saturated carbocycles. The summed E-state index contributed by atoms with van der Waals surface area (Å²) in [5, 5.41) is 25.4. The predicted octanol–water partition coefficient (Wildman–Crippen LogP) is 29.6. The van der Waals surface area contributed by atoms with Gasteiger partial charge in [-0.05, 0) is 210 Å². The van der Waals surface area contributed by atoms with Crippen molar-refractivity contribution in [1.29, 1.82) is 0 Å². The van der Waals surface area contributed by atoms with Gasteiger partial charge in [-0.1, -0.05) is 279 Å². The smallest absolute Gasteiger partial charge is 0.144 e. The lowest BCUT2D eigenvalue weighted by Crippen LogP contribution is -2.19. The Morgan fingerprint density at radius 1 is 0.241 bits per heavy atom. The van der Waals surface area contributed by atoms with Gasteiger partial charge in [0.25, 0.3) is 0 Å². The summed E-state index contributed by atoms with van der Waals surface area (Å²) >= 11 is 0. The molecule has 4 heteroatoms. The van der Waals surface area contributed by atoms with Crippen LogP contribution in [0.15, 0.2) is 357 Å². The molecule has 0 spiro atoms. The quantitative estimate of drug-likeness (QED) is 0.149. The first-order chi connectivity index (χ1) is 53.6. The Morgan fingerprint density at radius 3 is 1.39 bits per heavy atom. The van der Waals surface area contributed by atoms with Crippen molar-refractivity contribution < 1.29 is 17.7 Å². The van der Waals surface area contributed by atoms with Gasteiger partial charge in [0.2, 0.25) is 0 Å². The molecule has 0 radical (unpaired) electrons. The van der Waals surface area contributed by atoms with E-state index in [1.807, 2.05) is 12.1 Å². The average molecular weight is 1380 g/mol. The summed E-state index contributed by atoms with van der Waals surface area (Å²) < 4.78 is 27.4. The third-order valence-corrected chi connectivity index (χ3v) is 24.1. The van der Waals surface area contributed by atoms with E-state index in [2.05, 4.69) is 328 Å². The van der Waals surface area contributed by atoms with Crippen molar-refractivity contribution in [1.82, 2.24) is 0 Å². The summed E-state index contributed by atoms with van der Waals surface area (Å²) in [4.78, 5) is 0. The molecule has 0 amide bonds. The zero-order chi connectivity index (χ0) is 70.4. The van der Waals surface area contributed by atoms with Gasteiger partial charge in [-0.15, -0.1) is 0 Å². The van der Waals surface area contributed by atoms with Crippen LogP contribution in [-0.2, 0) is 0 Å². The third-order valence-electron chi connectivity index (χ3n) is 24.1. The van der Waals surface area contributed by atoms with E-state index in [0.717, 1.165) is 144 Å². The van der Waals surface area contributed by atoms with E-state index in [4.69, 9.17) is 17.7 Å². The molecule has 21 aromatic rings. The number of fused-ring (bicyclic) bond motifs is 23. The van der Waals surface area contributed by atoms with E-state index in [-0.39, 0.29) is 11.8 Å². The Labute approximate surface area is 619 Å². The van der Waals surface area contributed by atoms with Crippen LogP contribution in [0.4, 0.5) is 0 Å². The van der Waals surface area contributed by atoms with E-state index in [0.29, 0.717) is 0 Å². The summed E-state index contributed by atoms with van der Waals surface area (Å²) in [5.41, 5.74) is 24.1. The monoisotopic (exact) mass is 1370 g/mol. The summed E-state index contributed by atoms with van der Waals surface area (Å²) in [5.74, 6) is 0.222. The van der Waals surface area contributed by atoms with Crippen LogP contribution in [0.25, 0.3) is 224 Å². The number of benzene rings is 17. The van der Waals surface area contributed by atoms with E-state index >= 15 is 0 Å². The summed E-state index contributed by atoms with van der Waals surface area (Å²) in [6, 6.07) is 105. The van der Waals surface area contributed by atoms with Crippen molar-refractivity contribution in [3.63, 3.8) is 0 Å². The molecule has 3 aliphatic rings. The second-order valence-corrected chi connectivity index (χ2v) is 29.7. The van der Waals surface area contributed by atoms with Gasteiger partial charge < -0.3 is 17.7 Å². The van der Waals surface area contributed by atoms with Crippen molar-refractivity contribution in [2.24, 2.45) is 11.8 Å². The number of allylic oxidation sites excluding steroid dienone is 12. The molecule has 108 heavy (non-hydrogen) atoms. The summed E-state index contributed by atoms with van der Waals surface area (Å²) in [7, 11) is 0. The van der Waals surface area contributed by atoms with Crippen molar-refractivity contribution >= 4 is 180 Å². The molecule has 502 valence electrons. The fraction of sp³-hybridized carbons (Fsp3) is 0.0385. The molecule has 24 rings (SSSR count). The summed E-state index contributed by atoms with van der Waals surface area (Å²) in [6.07, 6.45) is 22.9. The Bertz CT molecular complexity index is 7680. The number of hydrogen-bond donors (Lipinski definition) is 0. The predicted molar refractivity (Wildman–Crippen MR) is 454 cm³/mol. The maximum absolute atomic E-state index is 7.11. The lowest BCUT2D eigenvalue weighted by molar-refractivity contribution is 0.667. The Hall–Kier alpha value is -13.8. The first-order valence-electron chi connectivity index (χ1n) is 37.6. The number of furan rings is 4. The fourth-order valence-electron chi connectivity index (χ4n) is 19.3. The topological polar surface area (TPSA) is 52.6 Å². The van der Waals surface area contributed by atoms with Gasteiger partial charge in [0.05, 0.1) is 0 Å². The highest BCUT2D eigenvalue weighted by Gasteiger charge is 2.33. The van der Waals surface area contributed by atoms with E-state index in [1.165, 1.54) is 110 Å². The van der Waals surface area contributed by atoms with Gasteiger partial charge in [0.1, 0.15) is 44.7 Å². The molecule has 2 unspecified atom stereocenters. The van der Waals surface area contributed by atoms with Gasteiger partial charge in [0, 0.05) is 71.3 Å². The van der Waals surface area contributed by atoms with Crippen LogP contribution in [0.1, 0.15) is 29.5 Å². The second kappa shape index (κ2) is 22.9. The minimum atomic E-state index is 0.104. The molecule has 2 atom stereocenters. The molecular formula is C104H62O4. The zero-order valence-corrected chi connectivity index (χ0v) is 58.5. The molecule has 0 aliphatic heterocycles. The Kier molecular flexibility index (Phi) is 12.6. The average Bonchev–Trinajstić information content (AvgIpc) is 1.33. The highest BCUT2D eigenvalue weighted by Crippen LogP contribution is 2.53. The van der Waals surface area contributed by atoms with Crippen molar-refractivity contribution in [3.05, 3.63) is 356 Å². The SMILES string of the molecule is C1=CCCC(c2ccc(-c3c4ccccc4c(-c4ccc5oc6c(ccc7ccc8oc9c(-c%10ccc(C%11=CC=C(c%12c%13ccccc%13c(-c%13ccc%14oc%15c%16cc%17oc%18ccccc%18c%17cc%16ccc%15c%14c%13)c%13ccccc%12%13)C%12C=CC=CC%11%12)cc%10)cccc9c8c76)c5c4)c4ccccc34)c3ccccc23)=C1. The number of rotatable bonds is 7. The zero-order valence-electron chi connectivity index (χ0n) is 58.5. The lowest BCUT2D eigenvalue weighted by atomic mass is 9.70. The molecule has 4 aromatic heterocycles. The van der Waals surface area contributed by atoms with E-state index in [1.54, 1.807) is 0 Å². The van der Waals surface area contributed by atoms with Gasteiger partial charge in [-0.3, -0.25) is 0 Å². The van der Waals surface area contributed by atoms with Gasteiger partial charge in [-0.2, -0.15) is 0 Å². The molecule has 0 fully saturated rings. The first kappa shape index (κ1) is 59.6. The van der Waals surface area contributed by atoms with Crippen LogP contribution in [0, 0.1) is 11.8 Å². The molecule has 4 nitrogen and oxygen atoms in total. The lowest BCUT2D eigenvalue weighted by Gasteiger charge is -2.33. The first-order valence-corrected chi connectivity index (χ1v) is 37.6. The van der Waals surface area contributed by atoms with Crippen molar-refractivity contribution in [2.75, 3.05) is 0 Å². The van der Waals surface area contributed by atoms with Gasteiger partial charge >= 0.3 is 0 Å². The number of hydrogen-bond acceptors (Lipinski definition) is 4. The van der Waals surface area contributed by atoms with Crippen LogP contribution in [0.3, 0.4) is 0 Å². The van der Waals surface area contributed by atoms with Gasteiger partial charge in [0.15, 0.2) is 0 Å². The molecule has 0 bridgehead atoms. The highest BCUT2D eigenvalue weighted by molar-refractivity contribution is 6.31. The molecule has 0 N–H and O–H groups in total. The van der Waals surface area contributed by atoms with E-state index < -0.39 is 0 Å². The van der Waals surface area contributed by atoms with Crippen LogP contribution in [-0.4, -0.2) is 0 Å². The maximum atomic E-state index is 7.11. The van der Waals surface area contributed by atoms with Crippen LogP contribution in [0.2, 0.25) is 0 Å². The second-order valence-electron chi connectivity index (χ2n) is 29.7. The molecular weight excluding hydrogens is 1310 g/mol. The third kappa shape index (κ3) is 8.62. The van der Waals surface area contributed by atoms with Crippen LogP contribution < -0.4 is 0 Å². The standard InChI is InChI=1S/C104H62O4/c1-2-19-59(20-3-1)66-48-50-82(71-23-6-4-21-69(66)71)99-80-32-14-10-28-76(80)97(77-29-11-15-33-81(77)99)65-45-53-93-90(57-65)85-46-41-62-43-54-94-101(98(62)104(85)107-93)86-35-18-34-68(102(86)108-94)61-39-37-60(38-40-61)67-49-51-83(72-24-7-5-22-70(67)72)100-78-30-12-8-26-74(78)96(75-27-9-13-31-79(75)100)64-44-52-92-89(56-64)84-47-42-63-55-88-73-25-16-17-36-91(73)105-95(88)58-87(63)103(84)106-92/h1-2,4-19,21-58,70,72H,3,20H2. The van der Waals surface area contributed by atoms with Gasteiger partial charge in [-0.25, -0.2) is 0 Å². The minimum Gasteiger partial charge on any atom is -0.456 e. The summed E-state index contributed by atoms with van der Waals surface area (Å²) in [6.45, 7) is 0. The Morgan fingerprint density at radius 2 is 0.731 bits per heavy atom. The normalized spacial score (nSPS) is 15.4. The van der Waals surface area contributed by atoms with Crippen LogP contribution >= 0.6 is 0 Å². The van der Waals surface area contributed by atoms with Crippen molar-refractivity contribution in [2.45, 2.75) is 12.8 Å². The number of para-hydroxylation sites is 2. The van der Waals surface area contributed by atoms with Crippen molar-refractivity contribution in [3.8, 4) is 44.5 Å². The maximum Gasteiger partial charge on any atom is 0.144 e. The minimum absolute atomic E-state index is 0.104. The highest BCUT2D eigenvalue weighted by atomic mass is 16.3. The fourth-order valence-corrected chi connectivity index (χ4v) is 19.3. The molecule has 3 aliphatic carbocycles. The van der Waals surface area contributed by atoms with Crippen LogP contribution in [0.5, 0.6) is 0 Å². The largest absolute Gasteiger partial charge is 0.456 e. The van der Waals surface area contributed by atoms with E-state index in [9.17, 15) is 0 Å². The molecule has 17 aromatic carbocycles. The Balaban J connectivity index is 0.585.